The van der Waals surface area contributed by atoms with Gasteiger partial charge in [-0.3, -0.25) is 4.79 Å². The van der Waals surface area contributed by atoms with Crippen LogP contribution < -0.4 is 5.32 Å². The predicted molar refractivity (Wildman–Crippen MR) is 68.4 cm³/mol. The van der Waals surface area contributed by atoms with Crippen molar-refractivity contribution in [2.24, 2.45) is 5.92 Å². The zero-order valence-electron chi connectivity index (χ0n) is 9.03. The lowest BCUT2D eigenvalue weighted by atomic mass is 9.82. The van der Waals surface area contributed by atoms with Gasteiger partial charge in [0.25, 0.3) is 5.91 Å². The first-order chi connectivity index (χ1) is 7.56. The van der Waals surface area contributed by atoms with Gasteiger partial charge in [-0.05, 0) is 37.0 Å². The Labute approximate surface area is 106 Å². The van der Waals surface area contributed by atoms with Gasteiger partial charge < -0.3 is 5.32 Å². The third kappa shape index (κ3) is 2.53. The van der Waals surface area contributed by atoms with E-state index in [0.29, 0.717) is 16.6 Å². The summed E-state index contributed by atoms with van der Waals surface area (Å²) in [6, 6.07) is 5.47. The summed E-state index contributed by atoms with van der Waals surface area (Å²) in [5, 5.41) is 3.45. The number of hydrogen-bond acceptors (Lipinski definition) is 2. The number of halogens is 1. The number of hydrogen-bond donors (Lipinski definition) is 2. The van der Waals surface area contributed by atoms with Gasteiger partial charge in [-0.1, -0.05) is 18.5 Å². The second kappa shape index (κ2) is 4.68. The van der Waals surface area contributed by atoms with Crippen molar-refractivity contribution < 1.29 is 4.79 Å². The summed E-state index contributed by atoms with van der Waals surface area (Å²) in [5.41, 5.74) is 0.508. The minimum absolute atomic E-state index is 0.0993. The van der Waals surface area contributed by atoms with Crippen LogP contribution in [0.3, 0.4) is 0 Å². The Bertz CT molecular complexity index is 415. The van der Waals surface area contributed by atoms with Crippen LogP contribution in [0.2, 0.25) is 5.02 Å². The number of benzene rings is 1. The van der Waals surface area contributed by atoms with E-state index in [9.17, 15) is 4.79 Å². The monoisotopic (exact) mass is 255 g/mol. The molecule has 4 heteroatoms. The predicted octanol–water partition coefficient (Wildman–Crippen LogP) is 3.16. The van der Waals surface area contributed by atoms with Crippen LogP contribution in [0.1, 0.15) is 30.1 Å². The Kier molecular flexibility index (Phi) is 3.45. The maximum atomic E-state index is 11.9. The van der Waals surface area contributed by atoms with Crippen LogP contribution in [0.15, 0.2) is 23.1 Å². The highest BCUT2D eigenvalue weighted by Gasteiger charge is 2.27. The van der Waals surface area contributed by atoms with Crippen LogP contribution in [0.25, 0.3) is 0 Å². The number of thiol groups is 1. The zero-order chi connectivity index (χ0) is 11.7. The lowest BCUT2D eigenvalue weighted by Crippen LogP contribution is -2.43. The SMILES string of the molecule is CC1CC(NC(=O)c2cc(S)ccc2Cl)C1. The molecule has 2 nitrogen and oxygen atoms in total. The van der Waals surface area contributed by atoms with E-state index in [1.54, 1.807) is 18.2 Å². The molecule has 0 bridgehead atoms. The van der Waals surface area contributed by atoms with Gasteiger partial charge in [0.15, 0.2) is 0 Å². The van der Waals surface area contributed by atoms with E-state index in [1.807, 2.05) is 0 Å². The molecule has 0 saturated heterocycles. The zero-order valence-corrected chi connectivity index (χ0v) is 10.7. The molecule has 1 aromatic rings. The fourth-order valence-corrected chi connectivity index (χ4v) is 2.38. The standard InChI is InChI=1S/C12H14ClNOS/c1-7-4-8(5-7)14-12(15)10-6-9(16)2-3-11(10)13/h2-3,6-8,16H,4-5H2,1H3,(H,14,15). The number of carbonyl (C=O) groups is 1. The van der Waals surface area contributed by atoms with E-state index in [0.717, 1.165) is 23.7 Å². The van der Waals surface area contributed by atoms with E-state index < -0.39 is 0 Å². The molecule has 2 rings (SSSR count). The first-order valence-electron chi connectivity index (χ1n) is 5.35. The van der Waals surface area contributed by atoms with Crippen molar-refractivity contribution in [1.29, 1.82) is 0 Å². The first kappa shape index (κ1) is 11.8. The molecule has 0 aliphatic heterocycles. The van der Waals surface area contributed by atoms with E-state index >= 15 is 0 Å². The van der Waals surface area contributed by atoms with Crippen molar-refractivity contribution in [3.8, 4) is 0 Å². The fraction of sp³-hybridized carbons (Fsp3) is 0.417. The molecule has 0 unspecified atom stereocenters. The summed E-state index contributed by atoms with van der Waals surface area (Å²) in [5.74, 6) is 0.620. The third-order valence-corrected chi connectivity index (χ3v) is 3.51. The highest BCUT2D eigenvalue weighted by Crippen LogP contribution is 2.27. The molecule has 16 heavy (non-hydrogen) atoms. The molecule has 86 valence electrons. The van der Waals surface area contributed by atoms with Crippen LogP contribution in [-0.4, -0.2) is 11.9 Å². The lowest BCUT2D eigenvalue weighted by molar-refractivity contribution is 0.0896. The van der Waals surface area contributed by atoms with E-state index in [1.165, 1.54) is 0 Å². The van der Waals surface area contributed by atoms with Crippen molar-refractivity contribution in [2.75, 3.05) is 0 Å². The summed E-state index contributed by atoms with van der Waals surface area (Å²) in [6.07, 6.45) is 2.12. The Hall–Kier alpha value is -0.670. The summed E-state index contributed by atoms with van der Waals surface area (Å²) < 4.78 is 0. The summed E-state index contributed by atoms with van der Waals surface area (Å²) in [6.45, 7) is 2.18. The molecule has 1 N–H and O–H groups in total. The molecule has 1 aliphatic rings. The van der Waals surface area contributed by atoms with Gasteiger partial charge in [0.1, 0.15) is 0 Å². The second-order valence-corrected chi connectivity index (χ2v) is 5.33. The van der Waals surface area contributed by atoms with Crippen molar-refractivity contribution in [3.63, 3.8) is 0 Å². The molecular formula is C12H14ClNOS. The lowest BCUT2D eigenvalue weighted by Gasteiger charge is -2.33. The molecule has 1 saturated carbocycles. The van der Waals surface area contributed by atoms with Gasteiger partial charge in [0.2, 0.25) is 0 Å². The van der Waals surface area contributed by atoms with E-state index in [-0.39, 0.29) is 5.91 Å². The number of rotatable bonds is 2. The third-order valence-electron chi connectivity index (χ3n) is 2.90. The molecule has 1 aliphatic carbocycles. The second-order valence-electron chi connectivity index (χ2n) is 4.41. The molecule has 1 fully saturated rings. The largest absolute Gasteiger partial charge is 0.349 e. The minimum Gasteiger partial charge on any atom is -0.349 e. The Balaban J connectivity index is 2.05. The smallest absolute Gasteiger partial charge is 0.253 e. The van der Waals surface area contributed by atoms with Crippen molar-refractivity contribution in [2.45, 2.75) is 30.7 Å². The quantitative estimate of drug-likeness (QED) is 0.781. The van der Waals surface area contributed by atoms with Gasteiger partial charge >= 0.3 is 0 Å². The van der Waals surface area contributed by atoms with Crippen molar-refractivity contribution >= 4 is 30.1 Å². The van der Waals surface area contributed by atoms with Crippen LogP contribution in [-0.2, 0) is 0 Å². The molecule has 1 amide bonds. The van der Waals surface area contributed by atoms with Gasteiger partial charge in [0, 0.05) is 10.9 Å². The molecule has 1 aromatic carbocycles. The van der Waals surface area contributed by atoms with Gasteiger partial charge in [-0.2, -0.15) is 0 Å². The maximum Gasteiger partial charge on any atom is 0.253 e. The normalized spacial score (nSPS) is 23.7. The average molecular weight is 256 g/mol. The summed E-state index contributed by atoms with van der Waals surface area (Å²) in [7, 11) is 0. The van der Waals surface area contributed by atoms with Gasteiger partial charge in [-0.15, -0.1) is 12.6 Å². The first-order valence-corrected chi connectivity index (χ1v) is 6.18. The topological polar surface area (TPSA) is 29.1 Å². The summed E-state index contributed by atoms with van der Waals surface area (Å²) >= 11 is 10.2. The molecule has 0 radical (unpaired) electrons. The van der Waals surface area contributed by atoms with Gasteiger partial charge in [0.05, 0.1) is 10.6 Å². The molecule has 0 atom stereocenters. The Morgan fingerprint density at radius 3 is 2.81 bits per heavy atom. The van der Waals surface area contributed by atoms with Crippen LogP contribution in [0.4, 0.5) is 0 Å². The van der Waals surface area contributed by atoms with E-state index in [2.05, 4.69) is 24.9 Å². The van der Waals surface area contributed by atoms with Crippen molar-refractivity contribution in [3.05, 3.63) is 28.8 Å². The Morgan fingerprint density at radius 1 is 1.50 bits per heavy atom. The highest BCUT2D eigenvalue weighted by atomic mass is 35.5. The van der Waals surface area contributed by atoms with Crippen molar-refractivity contribution in [1.82, 2.24) is 5.32 Å². The number of carbonyl (C=O) groups excluding carboxylic acids is 1. The average Bonchev–Trinajstić information content (AvgIpc) is 2.19. The number of nitrogens with one attached hydrogen (secondary N) is 1. The van der Waals surface area contributed by atoms with Crippen LogP contribution in [0, 0.1) is 5.92 Å². The number of amides is 1. The van der Waals surface area contributed by atoms with Crippen LogP contribution in [0.5, 0.6) is 0 Å². The maximum absolute atomic E-state index is 11.9. The molecule has 0 heterocycles. The van der Waals surface area contributed by atoms with Gasteiger partial charge in [-0.25, -0.2) is 0 Å². The highest BCUT2D eigenvalue weighted by molar-refractivity contribution is 7.80. The molecule has 0 spiro atoms. The fourth-order valence-electron chi connectivity index (χ4n) is 1.97. The molecule has 0 aromatic heterocycles. The molecular weight excluding hydrogens is 242 g/mol. The van der Waals surface area contributed by atoms with Crippen LogP contribution >= 0.6 is 24.2 Å². The van der Waals surface area contributed by atoms with E-state index in [4.69, 9.17) is 11.6 Å². The Morgan fingerprint density at radius 2 is 2.19 bits per heavy atom. The minimum atomic E-state index is -0.0993. The summed E-state index contributed by atoms with van der Waals surface area (Å²) in [4.78, 5) is 12.6.